The first-order valence-corrected chi connectivity index (χ1v) is 5.92. The highest BCUT2D eigenvalue weighted by molar-refractivity contribution is 5.23. The van der Waals surface area contributed by atoms with Crippen LogP contribution in [0.4, 0.5) is 0 Å². The van der Waals surface area contributed by atoms with E-state index in [0.29, 0.717) is 6.54 Å². The highest BCUT2D eigenvalue weighted by atomic mass is 14.6. The monoisotopic (exact) mass is 209 g/mol. The van der Waals surface area contributed by atoms with Gasteiger partial charge in [-0.05, 0) is 5.56 Å². The zero-order chi connectivity index (χ0) is 12.3. The van der Waals surface area contributed by atoms with E-state index in [9.17, 15) is 0 Å². The molecule has 15 heavy (non-hydrogen) atoms. The normalized spacial score (nSPS) is 9.27. The number of benzene rings is 1. The van der Waals surface area contributed by atoms with Gasteiger partial charge < -0.3 is 5.73 Å². The maximum atomic E-state index is 5.64. The third kappa shape index (κ3) is 6.29. The standard InChI is InChI=1S/C10H15N.2C2H6/c1-10(2,8-11)9-6-4-3-5-7-9;2*1-2/h3-7H,8,11H2,1-2H3;2*1-2H3. The molecular formula is C14H27N. The molecule has 0 unspecified atom stereocenters. The molecule has 1 aromatic rings. The molecule has 1 aromatic carbocycles. The summed E-state index contributed by atoms with van der Waals surface area (Å²) in [4.78, 5) is 0. The number of hydrogen-bond acceptors (Lipinski definition) is 1. The molecule has 0 heterocycles. The minimum Gasteiger partial charge on any atom is -0.330 e. The molecule has 0 fully saturated rings. The van der Waals surface area contributed by atoms with Gasteiger partial charge in [-0.1, -0.05) is 71.9 Å². The minimum absolute atomic E-state index is 0.112. The molecule has 0 bridgehead atoms. The summed E-state index contributed by atoms with van der Waals surface area (Å²) in [6, 6.07) is 10.4. The summed E-state index contributed by atoms with van der Waals surface area (Å²) in [6.07, 6.45) is 0. The number of nitrogens with two attached hydrogens (primary N) is 1. The van der Waals surface area contributed by atoms with E-state index < -0.39 is 0 Å². The van der Waals surface area contributed by atoms with Crippen molar-refractivity contribution in [1.82, 2.24) is 0 Å². The van der Waals surface area contributed by atoms with Gasteiger partial charge in [0.05, 0.1) is 0 Å². The Balaban J connectivity index is 0. The van der Waals surface area contributed by atoms with Crippen LogP contribution in [0, 0.1) is 0 Å². The second kappa shape index (κ2) is 9.72. The smallest absolute Gasteiger partial charge is 0.00190 e. The van der Waals surface area contributed by atoms with Gasteiger partial charge in [-0.25, -0.2) is 0 Å². The van der Waals surface area contributed by atoms with Crippen LogP contribution in [-0.4, -0.2) is 6.54 Å². The molecule has 0 aliphatic rings. The summed E-state index contributed by atoms with van der Waals surface area (Å²) in [7, 11) is 0. The Morgan fingerprint density at radius 3 is 1.67 bits per heavy atom. The van der Waals surface area contributed by atoms with E-state index in [4.69, 9.17) is 5.73 Å². The lowest BCUT2D eigenvalue weighted by Gasteiger charge is -2.22. The van der Waals surface area contributed by atoms with Crippen LogP contribution >= 0.6 is 0 Å². The molecule has 0 spiro atoms. The van der Waals surface area contributed by atoms with Crippen molar-refractivity contribution in [3.63, 3.8) is 0 Å². The minimum atomic E-state index is 0.112. The molecule has 0 aliphatic heterocycles. The Morgan fingerprint density at radius 2 is 1.33 bits per heavy atom. The zero-order valence-corrected chi connectivity index (χ0v) is 11.2. The third-order valence-electron chi connectivity index (χ3n) is 2.07. The van der Waals surface area contributed by atoms with Crippen molar-refractivity contribution < 1.29 is 0 Å². The molecule has 0 aromatic heterocycles. The second-order valence-electron chi connectivity index (χ2n) is 3.45. The first-order valence-electron chi connectivity index (χ1n) is 5.92. The maximum absolute atomic E-state index is 5.64. The fourth-order valence-corrected chi connectivity index (χ4v) is 1.01. The Labute approximate surface area is 95.7 Å². The van der Waals surface area contributed by atoms with Gasteiger partial charge in [0.25, 0.3) is 0 Å². The van der Waals surface area contributed by atoms with E-state index in [0.717, 1.165) is 0 Å². The van der Waals surface area contributed by atoms with Crippen LogP contribution in [0.5, 0.6) is 0 Å². The zero-order valence-electron chi connectivity index (χ0n) is 11.2. The van der Waals surface area contributed by atoms with Crippen LogP contribution in [0.2, 0.25) is 0 Å². The fraction of sp³-hybridized carbons (Fsp3) is 0.571. The largest absolute Gasteiger partial charge is 0.330 e. The molecule has 0 radical (unpaired) electrons. The van der Waals surface area contributed by atoms with Crippen LogP contribution in [0.3, 0.4) is 0 Å². The summed E-state index contributed by atoms with van der Waals surface area (Å²) >= 11 is 0. The predicted octanol–water partition coefficient (Wildman–Crippen LogP) is 3.98. The number of hydrogen-bond donors (Lipinski definition) is 1. The van der Waals surface area contributed by atoms with E-state index >= 15 is 0 Å². The average Bonchev–Trinajstić information content (AvgIpc) is 2.35. The van der Waals surface area contributed by atoms with E-state index in [-0.39, 0.29) is 5.41 Å². The van der Waals surface area contributed by atoms with Gasteiger partial charge >= 0.3 is 0 Å². The maximum Gasteiger partial charge on any atom is 0.00190 e. The third-order valence-corrected chi connectivity index (χ3v) is 2.07. The molecule has 2 N–H and O–H groups in total. The molecule has 1 nitrogen and oxygen atoms in total. The van der Waals surface area contributed by atoms with Crippen LogP contribution in [0.1, 0.15) is 47.1 Å². The molecule has 0 amide bonds. The van der Waals surface area contributed by atoms with Crippen molar-refractivity contribution in [1.29, 1.82) is 0 Å². The fourth-order valence-electron chi connectivity index (χ4n) is 1.01. The van der Waals surface area contributed by atoms with Crippen molar-refractivity contribution in [3.8, 4) is 0 Å². The first kappa shape index (κ1) is 16.6. The van der Waals surface area contributed by atoms with Crippen molar-refractivity contribution in [2.45, 2.75) is 47.0 Å². The van der Waals surface area contributed by atoms with Gasteiger partial charge in [-0.3, -0.25) is 0 Å². The van der Waals surface area contributed by atoms with Gasteiger partial charge in [-0.2, -0.15) is 0 Å². The lowest BCUT2D eigenvalue weighted by atomic mass is 9.85. The van der Waals surface area contributed by atoms with Crippen molar-refractivity contribution in [3.05, 3.63) is 35.9 Å². The molecule has 0 saturated heterocycles. The van der Waals surface area contributed by atoms with Gasteiger partial charge in [0.2, 0.25) is 0 Å². The first-order chi connectivity index (χ1) is 7.17. The molecule has 0 aliphatic carbocycles. The summed E-state index contributed by atoms with van der Waals surface area (Å²) in [5, 5.41) is 0. The second-order valence-corrected chi connectivity index (χ2v) is 3.45. The van der Waals surface area contributed by atoms with Gasteiger partial charge in [0, 0.05) is 12.0 Å². The number of rotatable bonds is 2. The molecule has 88 valence electrons. The molecule has 1 heteroatoms. The molecular weight excluding hydrogens is 182 g/mol. The highest BCUT2D eigenvalue weighted by Crippen LogP contribution is 2.20. The molecule has 0 saturated carbocycles. The van der Waals surface area contributed by atoms with Gasteiger partial charge in [-0.15, -0.1) is 0 Å². The molecule has 1 rings (SSSR count). The van der Waals surface area contributed by atoms with E-state index in [1.54, 1.807) is 0 Å². The predicted molar refractivity (Wildman–Crippen MR) is 71.2 cm³/mol. The van der Waals surface area contributed by atoms with E-state index in [1.807, 2.05) is 45.9 Å². The van der Waals surface area contributed by atoms with Crippen LogP contribution in [-0.2, 0) is 5.41 Å². The van der Waals surface area contributed by atoms with E-state index in [1.165, 1.54) is 5.56 Å². The Morgan fingerprint density at radius 1 is 0.933 bits per heavy atom. The summed E-state index contributed by atoms with van der Waals surface area (Å²) in [5.41, 5.74) is 7.06. The van der Waals surface area contributed by atoms with Crippen LogP contribution in [0.15, 0.2) is 30.3 Å². The Bertz CT molecular complexity index is 214. The topological polar surface area (TPSA) is 26.0 Å². The Kier molecular flexibility index (Phi) is 10.8. The van der Waals surface area contributed by atoms with Crippen molar-refractivity contribution in [2.75, 3.05) is 6.54 Å². The average molecular weight is 209 g/mol. The van der Waals surface area contributed by atoms with Crippen LogP contribution < -0.4 is 5.73 Å². The lowest BCUT2D eigenvalue weighted by molar-refractivity contribution is 0.539. The SMILES string of the molecule is CC.CC.CC(C)(CN)c1ccccc1. The van der Waals surface area contributed by atoms with Gasteiger partial charge in [0.15, 0.2) is 0 Å². The summed E-state index contributed by atoms with van der Waals surface area (Å²) < 4.78 is 0. The van der Waals surface area contributed by atoms with Crippen molar-refractivity contribution >= 4 is 0 Å². The van der Waals surface area contributed by atoms with Crippen LogP contribution in [0.25, 0.3) is 0 Å². The van der Waals surface area contributed by atoms with Crippen molar-refractivity contribution in [2.24, 2.45) is 5.73 Å². The van der Waals surface area contributed by atoms with Gasteiger partial charge in [0.1, 0.15) is 0 Å². The summed E-state index contributed by atoms with van der Waals surface area (Å²) in [5.74, 6) is 0. The van der Waals surface area contributed by atoms with E-state index in [2.05, 4.69) is 26.0 Å². The summed E-state index contributed by atoms with van der Waals surface area (Å²) in [6.45, 7) is 13.0. The quantitative estimate of drug-likeness (QED) is 0.783. The highest BCUT2D eigenvalue weighted by Gasteiger charge is 2.16. The lowest BCUT2D eigenvalue weighted by Crippen LogP contribution is -2.27. The molecule has 0 atom stereocenters. The Hall–Kier alpha value is -0.820.